The van der Waals surface area contributed by atoms with E-state index in [2.05, 4.69) is 31.9 Å². The molecule has 0 radical (unpaired) electrons. The largest absolute Gasteiger partial charge is 0.487 e. The molecule has 1 aromatic carbocycles. The Labute approximate surface area is 109 Å². The van der Waals surface area contributed by atoms with E-state index in [1.54, 1.807) is 0 Å². The van der Waals surface area contributed by atoms with E-state index in [0.29, 0.717) is 0 Å². The number of hydrogen-bond donors (Lipinski definition) is 1. The van der Waals surface area contributed by atoms with Gasteiger partial charge in [0.25, 0.3) is 0 Å². The molecule has 0 amide bonds. The molecule has 1 aromatic rings. The summed E-state index contributed by atoms with van der Waals surface area (Å²) in [4.78, 5) is 2.25. The quantitative estimate of drug-likeness (QED) is 0.871. The SMILES string of the molecule is Cc1cccc(OC2CCN(C)CCC2O)c1C. The van der Waals surface area contributed by atoms with Gasteiger partial charge in [-0.15, -0.1) is 0 Å². The van der Waals surface area contributed by atoms with Crippen LogP contribution in [0.3, 0.4) is 0 Å². The lowest BCUT2D eigenvalue weighted by molar-refractivity contribution is 0.0346. The molecule has 3 heteroatoms. The van der Waals surface area contributed by atoms with Crippen LogP contribution >= 0.6 is 0 Å². The molecule has 1 heterocycles. The Balaban J connectivity index is 2.10. The van der Waals surface area contributed by atoms with Gasteiger partial charge in [0.1, 0.15) is 11.9 Å². The Morgan fingerprint density at radius 1 is 1.22 bits per heavy atom. The second kappa shape index (κ2) is 5.72. The third kappa shape index (κ3) is 3.03. The zero-order chi connectivity index (χ0) is 13.1. The number of nitrogens with zero attached hydrogens (tertiary/aromatic N) is 1. The minimum absolute atomic E-state index is 0.0875. The van der Waals surface area contributed by atoms with Crippen molar-refractivity contribution in [1.29, 1.82) is 0 Å². The minimum atomic E-state index is -0.366. The molecule has 1 fully saturated rings. The molecule has 2 unspecified atom stereocenters. The first kappa shape index (κ1) is 13.4. The van der Waals surface area contributed by atoms with Crippen molar-refractivity contribution < 1.29 is 9.84 Å². The third-order valence-corrected chi connectivity index (χ3v) is 3.86. The highest BCUT2D eigenvalue weighted by Gasteiger charge is 2.25. The molecule has 2 atom stereocenters. The van der Waals surface area contributed by atoms with Crippen molar-refractivity contribution in [3.8, 4) is 5.75 Å². The number of aryl methyl sites for hydroxylation is 1. The average Bonchev–Trinajstić information content (AvgIpc) is 2.50. The maximum absolute atomic E-state index is 10.1. The summed E-state index contributed by atoms with van der Waals surface area (Å²) in [6.07, 6.45) is 1.21. The van der Waals surface area contributed by atoms with E-state index in [1.165, 1.54) is 11.1 Å². The fourth-order valence-corrected chi connectivity index (χ4v) is 2.34. The van der Waals surface area contributed by atoms with Crippen LogP contribution in [0.4, 0.5) is 0 Å². The van der Waals surface area contributed by atoms with Crippen molar-refractivity contribution in [2.75, 3.05) is 20.1 Å². The number of aliphatic hydroxyl groups is 1. The Bertz CT molecular complexity index is 405. The van der Waals surface area contributed by atoms with Crippen LogP contribution in [0.1, 0.15) is 24.0 Å². The fourth-order valence-electron chi connectivity index (χ4n) is 2.34. The van der Waals surface area contributed by atoms with Crippen LogP contribution in [0.2, 0.25) is 0 Å². The molecule has 100 valence electrons. The predicted octanol–water partition coefficient (Wildman–Crippen LogP) is 2.14. The highest BCUT2D eigenvalue weighted by Crippen LogP contribution is 2.24. The topological polar surface area (TPSA) is 32.7 Å². The van der Waals surface area contributed by atoms with Gasteiger partial charge in [-0.3, -0.25) is 0 Å². The minimum Gasteiger partial charge on any atom is -0.487 e. The molecule has 0 saturated carbocycles. The van der Waals surface area contributed by atoms with E-state index >= 15 is 0 Å². The van der Waals surface area contributed by atoms with E-state index in [-0.39, 0.29) is 12.2 Å². The monoisotopic (exact) mass is 249 g/mol. The molecule has 1 aliphatic rings. The fraction of sp³-hybridized carbons (Fsp3) is 0.600. The summed E-state index contributed by atoms with van der Waals surface area (Å²) in [6, 6.07) is 6.08. The molecule has 1 N–H and O–H groups in total. The lowest BCUT2D eigenvalue weighted by Crippen LogP contribution is -2.31. The van der Waals surface area contributed by atoms with E-state index in [0.717, 1.165) is 31.7 Å². The van der Waals surface area contributed by atoms with Crippen molar-refractivity contribution in [3.05, 3.63) is 29.3 Å². The maximum atomic E-state index is 10.1. The molecule has 0 bridgehead atoms. The highest BCUT2D eigenvalue weighted by atomic mass is 16.5. The summed E-state index contributed by atoms with van der Waals surface area (Å²) in [5.41, 5.74) is 2.40. The van der Waals surface area contributed by atoms with Gasteiger partial charge in [-0.2, -0.15) is 0 Å². The maximum Gasteiger partial charge on any atom is 0.126 e. The summed E-state index contributed by atoms with van der Waals surface area (Å²) in [5.74, 6) is 0.906. The van der Waals surface area contributed by atoms with Gasteiger partial charge in [-0.25, -0.2) is 0 Å². The number of aliphatic hydroxyl groups excluding tert-OH is 1. The van der Waals surface area contributed by atoms with Crippen LogP contribution in [-0.2, 0) is 0 Å². The number of likely N-dealkylation sites (tertiary alicyclic amines) is 1. The number of ether oxygens (including phenoxy) is 1. The molecule has 18 heavy (non-hydrogen) atoms. The van der Waals surface area contributed by atoms with Gasteiger partial charge in [-0.05, 0) is 50.9 Å². The molecular formula is C15H23NO2. The van der Waals surface area contributed by atoms with Gasteiger partial charge < -0.3 is 14.7 Å². The Morgan fingerprint density at radius 2 is 1.94 bits per heavy atom. The highest BCUT2D eigenvalue weighted by molar-refractivity contribution is 5.38. The standard InChI is InChI=1S/C15H23NO2/c1-11-5-4-6-14(12(11)2)18-15-8-10-16(3)9-7-13(15)17/h4-6,13,15,17H,7-10H2,1-3H3. The predicted molar refractivity (Wildman–Crippen MR) is 73.1 cm³/mol. The summed E-state index contributed by atoms with van der Waals surface area (Å²) in [7, 11) is 2.09. The lowest BCUT2D eigenvalue weighted by atomic mass is 10.1. The van der Waals surface area contributed by atoms with Crippen LogP contribution in [0.15, 0.2) is 18.2 Å². The lowest BCUT2D eigenvalue weighted by Gasteiger charge is -2.23. The summed E-state index contributed by atoms with van der Waals surface area (Å²) >= 11 is 0. The van der Waals surface area contributed by atoms with Crippen molar-refractivity contribution in [1.82, 2.24) is 4.90 Å². The first-order valence-corrected chi connectivity index (χ1v) is 6.67. The Kier molecular flexibility index (Phi) is 4.25. The number of benzene rings is 1. The molecular weight excluding hydrogens is 226 g/mol. The second-order valence-corrected chi connectivity index (χ2v) is 5.30. The summed E-state index contributed by atoms with van der Waals surface area (Å²) in [6.45, 7) is 6.07. The number of hydrogen-bond acceptors (Lipinski definition) is 3. The molecule has 0 aromatic heterocycles. The normalized spacial score (nSPS) is 25.8. The van der Waals surface area contributed by atoms with Gasteiger partial charge in [0, 0.05) is 13.1 Å². The van der Waals surface area contributed by atoms with Crippen LogP contribution in [-0.4, -0.2) is 42.4 Å². The second-order valence-electron chi connectivity index (χ2n) is 5.30. The summed E-state index contributed by atoms with van der Waals surface area (Å²) in [5, 5.41) is 10.1. The molecule has 2 rings (SSSR count). The Morgan fingerprint density at radius 3 is 2.72 bits per heavy atom. The zero-order valence-corrected chi connectivity index (χ0v) is 11.5. The van der Waals surface area contributed by atoms with E-state index < -0.39 is 0 Å². The van der Waals surface area contributed by atoms with Crippen LogP contribution in [0, 0.1) is 13.8 Å². The van der Waals surface area contributed by atoms with Crippen molar-refractivity contribution >= 4 is 0 Å². The van der Waals surface area contributed by atoms with Gasteiger partial charge in [0.2, 0.25) is 0 Å². The third-order valence-electron chi connectivity index (χ3n) is 3.86. The van der Waals surface area contributed by atoms with Gasteiger partial charge in [0.05, 0.1) is 6.10 Å². The van der Waals surface area contributed by atoms with E-state index in [4.69, 9.17) is 4.74 Å². The molecule has 1 aliphatic heterocycles. The molecule has 1 saturated heterocycles. The Hall–Kier alpha value is -1.06. The number of rotatable bonds is 2. The summed E-state index contributed by atoms with van der Waals surface area (Å²) < 4.78 is 6.03. The van der Waals surface area contributed by atoms with Crippen LogP contribution < -0.4 is 4.74 Å². The van der Waals surface area contributed by atoms with Gasteiger partial charge in [0.15, 0.2) is 0 Å². The van der Waals surface area contributed by atoms with Gasteiger partial charge in [-0.1, -0.05) is 12.1 Å². The molecule has 0 spiro atoms. The molecule has 0 aliphatic carbocycles. The van der Waals surface area contributed by atoms with Crippen molar-refractivity contribution in [2.45, 2.75) is 38.9 Å². The average molecular weight is 249 g/mol. The first-order chi connectivity index (χ1) is 8.58. The van der Waals surface area contributed by atoms with Crippen LogP contribution in [0.5, 0.6) is 5.75 Å². The van der Waals surface area contributed by atoms with E-state index in [9.17, 15) is 5.11 Å². The van der Waals surface area contributed by atoms with E-state index in [1.807, 2.05) is 12.1 Å². The smallest absolute Gasteiger partial charge is 0.126 e. The van der Waals surface area contributed by atoms with Crippen molar-refractivity contribution in [2.24, 2.45) is 0 Å². The van der Waals surface area contributed by atoms with Gasteiger partial charge >= 0.3 is 0 Å². The molecule has 3 nitrogen and oxygen atoms in total. The first-order valence-electron chi connectivity index (χ1n) is 6.67. The van der Waals surface area contributed by atoms with Crippen LogP contribution in [0.25, 0.3) is 0 Å². The van der Waals surface area contributed by atoms with Crippen molar-refractivity contribution in [3.63, 3.8) is 0 Å². The zero-order valence-electron chi connectivity index (χ0n) is 11.5.